The lowest BCUT2D eigenvalue weighted by Crippen LogP contribution is -1.94. The van der Waals surface area contributed by atoms with Gasteiger partial charge in [-0.05, 0) is 83.9 Å². The molecule has 0 saturated heterocycles. The summed E-state index contributed by atoms with van der Waals surface area (Å²) < 4.78 is 20.3. The molecule has 3 aromatic heterocycles. The Bertz CT molecular complexity index is 2840. The Morgan fingerprint density at radius 2 is 1.00 bits per heavy atom. The molecule has 0 fully saturated rings. The second-order valence-corrected chi connectivity index (χ2v) is 13.1. The van der Waals surface area contributed by atoms with Crippen LogP contribution in [0.15, 0.2) is 152 Å². The first kappa shape index (κ1) is 26.3. The molecule has 0 aliphatic carbocycles. The fourth-order valence-corrected chi connectivity index (χ4v) is 8.63. The van der Waals surface area contributed by atoms with Crippen LogP contribution in [0.25, 0.3) is 86.3 Å². The summed E-state index contributed by atoms with van der Waals surface area (Å²) in [6, 6.07) is 53.6. The van der Waals surface area contributed by atoms with Crippen LogP contribution in [-0.4, -0.2) is 9.13 Å². The lowest BCUT2D eigenvalue weighted by atomic mass is 10.0. The van der Waals surface area contributed by atoms with E-state index in [0.29, 0.717) is 5.69 Å². The van der Waals surface area contributed by atoms with E-state index in [2.05, 4.69) is 137 Å². The summed E-state index contributed by atoms with van der Waals surface area (Å²) in [5.74, 6) is 0. The van der Waals surface area contributed by atoms with E-state index >= 15 is 0 Å². The number of hydrogen-bond donors (Lipinski definition) is 1. The third-order valence-electron chi connectivity index (χ3n) is 9.54. The highest BCUT2D eigenvalue weighted by molar-refractivity contribution is 7.26. The molecule has 0 atom stereocenters. The van der Waals surface area contributed by atoms with E-state index in [1.165, 1.54) is 69.6 Å². The van der Waals surface area contributed by atoms with Crippen molar-refractivity contribution in [2.24, 2.45) is 0 Å². The van der Waals surface area contributed by atoms with Gasteiger partial charge in [-0.3, -0.25) is 0 Å². The van der Waals surface area contributed by atoms with Crippen LogP contribution in [0, 0.1) is 0 Å². The van der Waals surface area contributed by atoms with E-state index in [0.717, 1.165) is 16.7 Å². The number of fused-ring (bicyclic) bond motifs is 9. The molecule has 10 rings (SSSR count). The molecule has 47 heavy (non-hydrogen) atoms. The first-order valence-corrected chi connectivity index (χ1v) is 16.5. The number of anilines is 1. The second-order valence-electron chi connectivity index (χ2n) is 12.1. The Balaban J connectivity index is 1.18. The molecule has 0 bridgehead atoms. The molecule has 3 heterocycles. The van der Waals surface area contributed by atoms with Crippen LogP contribution in [0.1, 0.15) is 0 Å². The largest absolute Gasteiger partial charge is 0.309 e. The van der Waals surface area contributed by atoms with Crippen LogP contribution < -0.4 is 5.54 Å². The molecule has 5 heteroatoms. The van der Waals surface area contributed by atoms with E-state index in [1.807, 2.05) is 23.5 Å². The van der Waals surface area contributed by atoms with E-state index in [1.54, 1.807) is 17.7 Å². The van der Waals surface area contributed by atoms with E-state index < -0.39 is 0 Å². The molecule has 0 radical (unpaired) electrons. The minimum atomic E-state index is 0.439. The molecule has 0 aliphatic heterocycles. The number of hydrogen-bond acceptors (Lipinski definition) is 2. The summed E-state index contributed by atoms with van der Waals surface area (Å²) >= 11 is 1.87. The van der Waals surface area contributed by atoms with Crippen LogP contribution in [0.4, 0.5) is 10.2 Å². The van der Waals surface area contributed by atoms with Crippen molar-refractivity contribution in [1.29, 1.82) is 0 Å². The molecule has 0 unspecified atom stereocenters. The summed E-state index contributed by atoms with van der Waals surface area (Å²) in [5.41, 5.74) is 11.4. The first-order valence-electron chi connectivity index (χ1n) is 15.7. The Morgan fingerprint density at radius 1 is 0.447 bits per heavy atom. The van der Waals surface area contributed by atoms with E-state index in [4.69, 9.17) is 0 Å². The van der Waals surface area contributed by atoms with Crippen LogP contribution in [0.2, 0.25) is 0 Å². The Labute approximate surface area is 273 Å². The lowest BCUT2D eigenvalue weighted by molar-refractivity contribution is 0.618. The predicted molar refractivity (Wildman–Crippen MR) is 198 cm³/mol. The van der Waals surface area contributed by atoms with Gasteiger partial charge in [-0.1, -0.05) is 78.9 Å². The van der Waals surface area contributed by atoms with Gasteiger partial charge in [0.05, 0.1) is 38.1 Å². The monoisotopic (exact) mass is 623 g/mol. The number of para-hydroxylation sites is 2. The van der Waals surface area contributed by atoms with E-state index in [-0.39, 0.29) is 0 Å². The molecular weight excluding hydrogens is 598 g/mol. The smallest absolute Gasteiger partial charge is 0.0657 e. The van der Waals surface area contributed by atoms with Crippen LogP contribution in [0.5, 0.6) is 0 Å². The van der Waals surface area contributed by atoms with Crippen LogP contribution in [-0.2, 0) is 0 Å². The molecule has 0 saturated carbocycles. The van der Waals surface area contributed by atoms with Gasteiger partial charge >= 0.3 is 0 Å². The van der Waals surface area contributed by atoms with Gasteiger partial charge in [-0.25, -0.2) is 5.54 Å². The summed E-state index contributed by atoms with van der Waals surface area (Å²) in [4.78, 5) is 0. The van der Waals surface area contributed by atoms with Gasteiger partial charge in [-0.15, -0.1) is 15.8 Å². The maximum Gasteiger partial charge on any atom is 0.0657 e. The number of halogens is 1. The highest BCUT2D eigenvalue weighted by Crippen LogP contribution is 2.42. The maximum absolute atomic E-state index is 13.0. The normalized spacial score (nSPS) is 11.9. The molecule has 222 valence electrons. The van der Waals surface area contributed by atoms with Crippen molar-refractivity contribution >= 4 is 80.8 Å². The Kier molecular flexibility index (Phi) is 5.63. The fraction of sp³-hybridized carbons (Fsp3) is 0. The topological polar surface area (TPSA) is 21.9 Å². The number of thiophene rings is 1. The summed E-state index contributed by atoms with van der Waals surface area (Å²) in [6.45, 7) is 0. The molecular formula is C42H26FN3S. The van der Waals surface area contributed by atoms with Crippen molar-refractivity contribution in [3.8, 4) is 22.5 Å². The third-order valence-corrected chi connectivity index (χ3v) is 10.7. The van der Waals surface area contributed by atoms with Gasteiger partial charge in [0, 0.05) is 42.7 Å². The Morgan fingerprint density at radius 3 is 1.68 bits per heavy atom. The standard InChI is InChI=1S/C42H26FN3S/c43-44-28-18-20-29(21-19-28)45-36-12-4-1-8-30(36)34-24-26(16-22-38(34)45)27-17-23-39-35(25-27)31-9-2-5-13-37(31)46(39)40-14-7-11-33-32-10-3-6-15-41(32)47-42(33)40/h1-25,44H. The first-order chi connectivity index (χ1) is 23.3. The average molecular weight is 624 g/mol. The van der Waals surface area contributed by atoms with Gasteiger partial charge in [0.1, 0.15) is 0 Å². The van der Waals surface area contributed by atoms with Crippen molar-refractivity contribution < 1.29 is 4.48 Å². The third kappa shape index (κ3) is 3.84. The number of nitrogens with one attached hydrogen (secondary N) is 1. The highest BCUT2D eigenvalue weighted by Gasteiger charge is 2.18. The van der Waals surface area contributed by atoms with Crippen LogP contribution >= 0.6 is 11.3 Å². The zero-order valence-electron chi connectivity index (χ0n) is 25.1. The summed E-state index contributed by atoms with van der Waals surface area (Å²) in [5, 5.41) is 7.46. The number of nitrogens with zero attached hydrogens (tertiary/aromatic N) is 2. The minimum absolute atomic E-state index is 0.439. The van der Waals surface area contributed by atoms with Crippen molar-refractivity contribution in [3.05, 3.63) is 152 Å². The zero-order chi connectivity index (χ0) is 31.1. The molecule has 0 amide bonds. The number of aromatic nitrogens is 2. The maximum atomic E-state index is 13.0. The van der Waals surface area contributed by atoms with Gasteiger partial charge in [0.25, 0.3) is 0 Å². The van der Waals surface area contributed by atoms with Gasteiger partial charge < -0.3 is 9.13 Å². The summed E-state index contributed by atoms with van der Waals surface area (Å²) in [7, 11) is 0. The molecule has 10 aromatic rings. The quantitative estimate of drug-likeness (QED) is 0.194. The zero-order valence-corrected chi connectivity index (χ0v) is 25.9. The molecule has 7 aromatic carbocycles. The molecule has 3 nitrogen and oxygen atoms in total. The van der Waals surface area contributed by atoms with Crippen LogP contribution in [0.3, 0.4) is 0 Å². The summed E-state index contributed by atoms with van der Waals surface area (Å²) in [6.07, 6.45) is 0. The van der Waals surface area contributed by atoms with Crippen molar-refractivity contribution in [1.82, 2.24) is 9.13 Å². The van der Waals surface area contributed by atoms with Crippen molar-refractivity contribution in [2.75, 3.05) is 5.54 Å². The van der Waals surface area contributed by atoms with Gasteiger partial charge in [0.2, 0.25) is 0 Å². The second kappa shape index (κ2) is 10.0. The Hall–Kier alpha value is -5.91. The lowest BCUT2D eigenvalue weighted by Gasteiger charge is -2.10. The minimum Gasteiger partial charge on any atom is -0.309 e. The van der Waals surface area contributed by atoms with Gasteiger partial charge in [0.15, 0.2) is 0 Å². The van der Waals surface area contributed by atoms with Crippen molar-refractivity contribution in [3.63, 3.8) is 0 Å². The number of rotatable bonds is 4. The molecule has 1 N–H and O–H groups in total. The average Bonchev–Trinajstić information content (AvgIpc) is 3.79. The van der Waals surface area contributed by atoms with Crippen molar-refractivity contribution in [2.45, 2.75) is 0 Å². The predicted octanol–water partition coefficient (Wildman–Crippen LogP) is 12.2. The number of benzene rings is 7. The van der Waals surface area contributed by atoms with E-state index in [9.17, 15) is 4.48 Å². The molecule has 0 aliphatic rings. The molecule has 0 spiro atoms. The highest BCUT2D eigenvalue weighted by atomic mass is 32.1. The SMILES string of the molecule is FNc1ccc(-n2c3ccccc3c3cc(-c4ccc5c(c4)c4ccccc4n5-c4cccc5c4sc4ccccc45)ccc32)cc1. The van der Waals surface area contributed by atoms with Gasteiger partial charge in [-0.2, -0.15) is 0 Å². The fourth-order valence-electron chi connectivity index (χ4n) is 7.42.